The molecule has 2 N–H and O–H groups in total. The predicted octanol–water partition coefficient (Wildman–Crippen LogP) is 2.47. The minimum absolute atomic E-state index is 0.166. The van der Waals surface area contributed by atoms with E-state index in [0.29, 0.717) is 35.8 Å². The van der Waals surface area contributed by atoms with Gasteiger partial charge >= 0.3 is 0 Å². The first-order chi connectivity index (χ1) is 9.69. The van der Waals surface area contributed by atoms with Gasteiger partial charge in [0, 0.05) is 19.2 Å². The Balaban J connectivity index is 1.77. The van der Waals surface area contributed by atoms with E-state index in [-0.39, 0.29) is 5.91 Å². The van der Waals surface area contributed by atoms with Gasteiger partial charge in [0.2, 0.25) is 0 Å². The zero-order valence-corrected chi connectivity index (χ0v) is 12.4. The number of aromatic nitrogens is 1. The molecule has 1 aliphatic rings. The van der Waals surface area contributed by atoms with Gasteiger partial charge < -0.3 is 15.4 Å². The van der Waals surface area contributed by atoms with Crippen molar-refractivity contribution < 1.29 is 9.53 Å². The van der Waals surface area contributed by atoms with Crippen LogP contribution < -0.4 is 10.6 Å². The molecule has 1 saturated carbocycles. The summed E-state index contributed by atoms with van der Waals surface area (Å²) in [5.74, 6) is 0.408. The Kier molecular flexibility index (Phi) is 5.61. The molecule has 0 aromatic carbocycles. The fraction of sp³-hybridized carbons (Fsp3) is 0.571. The molecule has 0 spiro atoms. The number of hydrogen-bond acceptors (Lipinski definition) is 4. The van der Waals surface area contributed by atoms with Gasteiger partial charge in [0.25, 0.3) is 5.91 Å². The summed E-state index contributed by atoms with van der Waals surface area (Å²) in [7, 11) is 1.73. The second-order valence-corrected chi connectivity index (χ2v) is 5.23. The average Bonchev–Trinajstić information content (AvgIpc) is 2.95. The van der Waals surface area contributed by atoms with Gasteiger partial charge in [-0.1, -0.05) is 24.4 Å². The molecule has 0 unspecified atom stereocenters. The fourth-order valence-corrected chi connectivity index (χ4v) is 2.51. The quantitative estimate of drug-likeness (QED) is 0.625. The maximum atomic E-state index is 12.0. The van der Waals surface area contributed by atoms with Crippen molar-refractivity contribution in [3.63, 3.8) is 0 Å². The first-order valence-corrected chi connectivity index (χ1v) is 7.32. The van der Waals surface area contributed by atoms with Crippen molar-refractivity contribution in [2.45, 2.75) is 31.8 Å². The number of anilines is 1. The molecule has 1 amide bonds. The van der Waals surface area contributed by atoms with Crippen molar-refractivity contribution in [3.8, 4) is 0 Å². The van der Waals surface area contributed by atoms with E-state index >= 15 is 0 Å². The van der Waals surface area contributed by atoms with Crippen molar-refractivity contribution in [2.75, 3.05) is 25.5 Å². The third-order valence-electron chi connectivity index (χ3n) is 3.36. The minimum atomic E-state index is -0.166. The molecule has 0 bridgehead atoms. The van der Waals surface area contributed by atoms with Gasteiger partial charge in [-0.25, -0.2) is 4.98 Å². The second kappa shape index (κ2) is 7.45. The monoisotopic (exact) mass is 297 g/mol. The Labute approximate surface area is 124 Å². The van der Waals surface area contributed by atoms with Crippen LogP contribution in [-0.2, 0) is 4.74 Å². The minimum Gasteiger partial charge on any atom is -0.376 e. The zero-order valence-electron chi connectivity index (χ0n) is 11.6. The van der Waals surface area contributed by atoms with Crippen LogP contribution in [0.5, 0.6) is 0 Å². The van der Waals surface area contributed by atoms with Crippen LogP contribution in [0.15, 0.2) is 12.1 Å². The van der Waals surface area contributed by atoms with Gasteiger partial charge in [-0.05, 0) is 25.0 Å². The van der Waals surface area contributed by atoms with Crippen LogP contribution in [0.2, 0.25) is 5.15 Å². The molecular weight excluding hydrogens is 278 g/mol. The van der Waals surface area contributed by atoms with Gasteiger partial charge in [-0.2, -0.15) is 0 Å². The van der Waals surface area contributed by atoms with Crippen LogP contribution >= 0.6 is 11.6 Å². The molecule has 2 rings (SSSR count). The molecular formula is C14H20ClN3O2. The Morgan fingerprint density at radius 3 is 2.90 bits per heavy atom. The van der Waals surface area contributed by atoms with E-state index in [1.807, 2.05) is 0 Å². The Bertz CT molecular complexity index is 462. The highest BCUT2D eigenvalue weighted by Gasteiger charge is 2.15. The zero-order chi connectivity index (χ0) is 14.4. The number of carbonyl (C=O) groups excluding carboxylic acids is 1. The summed E-state index contributed by atoms with van der Waals surface area (Å²) in [4.78, 5) is 16.0. The number of nitrogens with zero attached hydrogens (tertiary/aromatic N) is 1. The van der Waals surface area contributed by atoms with Gasteiger partial charge in [-0.3, -0.25) is 4.79 Å². The third kappa shape index (κ3) is 4.35. The molecule has 0 radical (unpaired) electrons. The lowest BCUT2D eigenvalue weighted by Gasteiger charge is -2.11. The number of nitrogens with one attached hydrogen (secondary N) is 2. The molecule has 1 aromatic heterocycles. The molecule has 110 valence electrons. The Hall–Kier alpha value is -1.33. The average molecular weight is 298 g/mol. The van der Waals surface area contributed by atoms with E-state index in [4.69, 9.17) is 16.3 Å². The van der Waals surface area contributed by atoms with E-state index in [2.05, 4.69) is 15.6 Å². The van der Waals surface area contributed by atoms with Crippen molar-refractivity contribution in [1.29, 1.82) is 0 Å². The number of rotatable bonds is 6. The largest absolute Gasteiger partial charge is 0.376 e. The summed E-state index contributed by atoms with van der Waals surface area (Å²) in [6, 6.07) is 3.22. The highest BCUT2D eigenvalue weighted by atomic mass is 35.5. The molecule has 0 atom stereocenters. The summed E-state index contributed by atoms with van der Waals surface area (Å²) in [5, 5.41) is 5.99. The van der Waals surface area contributed by atoms with Crippen LogP contribution in [0.3, 0.4) is 0 Å². The fourth-order valence-electron chi connectivity index (χ4n) is 2.30. The topological polar surface area (TPSA) is 63.2 Å². The molecule has 5 nitrogen and oxygen atoms in total. The number of hydrogen-bond donors (Lipinski definition) is 2. The standard InChI is InChI=1S/C14H20ClN3O2/c1-16-13-9-10(8-12(15)18-13)14(19)17-6-7-20-11-4-2-3-5-11/h8-9,11H,2-7H2,1H3,(H,16,18)(H,17,19). The number of amides is 1. The van der Waals surface area contributed by atoms with E-state index in [1.54, 1.807) is 19.2 Å². The van der Waals surface area contributed by atoms with Crippen molar-refractivity contribution in [2.24, 2.45) is 0 Å². The highest BCUT2D eigenvalue weighted by Crippen LogP contribution is 2.20. The Morgan fingerprint density at radius 1 is 1.45 bits per heavy atom. The highest BCUT2D eigenvalue weighted by molar-refractivity contribution is 6.29. The Morgan fingerprint density at radius 2 is 2.20 bits per heavy atom. The van der Waals surface area contributed by atoms with Crippen LogP contribution in [0, 0.1) is 0 Å². The number of carbonyl (C=O) groups is 1. The summed E-state index contributed by atoms with van der Waals surface area (Å²) in [6.45, 7) is 1.05. The summed E-state index contributed by atoms with van der Waals surface area (Å²) in [6.07, 6.45) is 5.15. The molecule has 1 heterocycles. The van der Waals surface area contributed by atoms with Crippen LogP contribution in [0.4, 0.5) is 5.82 Å². The molecule has 0 aliphatic heterocycles. The smallest absolute Gasteiger partial charge is 0.251 e. The molecule has 0 saturated heterocycles. The van der Waals surface area contributed by atoms with Crippen molar-refractivity contribution in [1.82, 2.24) is 10.3 Å². The van der Waals surface area contributed by atoms with Gasteiger partial charge in [-0.15, -0.1) is 0 Å². The molecule has 6 heteroatoms. The van der Waals surface area contributed by atoms with Crippen molar-refractivity contribution >= 4 is 23.3 Å². The summed E-state index contributed by atoms with van der Waals surface area (Å²) >= 11 is 5.86. The maximum absolute atomic E-state index is 12.0. The first-order valence-electron chi connectivity index (χ1n) is 6.94. The predicted molar refractivity (Wildman–Crippen MR) is 79.3 cm³/mol. The lowest BCUT2D eigenvalue weighted by Crippen LogP contribution is -2.28. The van der Waals surface area contributed by atoms with Crippen LogP contribution in [0.1, 0.15) is 36.0 Å². The number of pyridine rings is 1. The molecule has 1 fully saturated rings. The van der Waals surface area contributed by atoms with E-state index in [0.717, 1.165) is 12.8 Å². The number of halogens is 1. The van der Waals surface area contributed by atoms with E-state index < -0.39 is 0 Å². The summed E-state index contributed by atoms with van der Waals surface area (Å²) < 4.78 is 5.69. The first kappa shape index (κ1) is 15.1. The maximum Gasteiger partial charge on any atom is 0.251 e. The van der Waals surface area contributed by atoms with E-state index in [1.165, 1.54) is 12.8 Å². The van der Waals surface area contributed by atoms with Gasteiger partial charge in [0.1, 0.15) is 11.0 Å². The third-order valence-corrected chi connectivity index (χ3v) is 3.55. The van der Waals surface area contributed by atoms with Crippen molar-refractivity contribution in [3.05, 3.63) is 22.8 Å². The SMILES string of the molecule is CNc1cc(C(=O)NCCOC2CCCC2)cc(Cl)n1. The van der Waals surface area contributed by atoms with Gasteiger partial charge in [0.05, 0.1) is 12.7 Å². The lowest BCUT2D eigenvalue weighted by atomic mass is 10.2. The van der Waals surface area contributed by atoms with E-state index in [9.17, 15) is 4.79 Å². The normalized spacial score (nSPS) is 15.3. The van der Waals surface area contributed by atoms with Gasteiger partial charge in [0.15, 0.2) is 0 Å². The molecule has 1 aromatic rings. The molecule has 1 aliphatic carbocycles. The number of ether oxygens (including phenoxy) is 1. The lowest BCUT2D eigenvalue weighted by molar-refractivity contribution is 0.0582. The summed E-state index contributed by atoms with van der Waals surface area (Å²) in [5.41, 5.74) is 0.496. The van der Waals surface area contributed by atoms with Crippen LogP contribution in [0.25, 0.3) is 0 Å². The van der Waals surface area contributed by atoms with Crippen LogP contribution in [-0.4, -0.2) is 37.2 Å². The molecule has 20 heavy (non-hydrogen) atoms. The second-order valence-electron chi connectivity index (χ2n) is 4.85.